The molecule has 0 aromatic heterocycles. The first-order valence-corrected chi connectivity index (χ1v) is 10.0. The lowest BCUT2D eigenvalue weighted by atomic mass is 10.1. The highest BCUT2D eigenvalue weighted by molar-refractivity contribution is 9.10. The van der Waals surface area contributed by atoms with Gasteiger partial charge in [0.25, 0.3) is 16.8 Å². The number of carbonyl (C=O) groups is 2. The fourth-order valence-electron chi connectivity index (χ4n) is 2.61. The van der Waals surface area contributed by atoms with Crippen molar-refractivity contribution < 1.29 is 19.2 Å². The molecule has 148 valence electrons. The number of nitro benzene ring substituents is 1. The van der Waals surface area contributed by atoms with Crippen LogP contribution in [0.2, 0.25) is 0 Å². The van der Waals surface area contributed by atoms with Gasteiger partial charge in [-0.2, -0.15) is 0 Å². The Morgan fingerprint density at radius 2 is 2.03 bits per heavy atom. The van der Waals surface area contributed by atoms with E-state index in [0.717, 1.165) is 21.1 Å². The highest BCUT2D eigenvalue weighted by atomic mass is 79.9. The molecule has 2 aromatic rings. The third kappa shape index (κ3) is 4.93. The van der Waals surface area contributed by atoms with Crippen LogP contribution in [0.4, 0.5) is 10.5 Å². The second kappa shape index (κ2) is 9.06. The van der Waals surface area contributed by atoms with Crippen molar-refractivity contribution in [3.05, 3.63) is 85.7 Å². The van der Waals surface area contributed by atoms with Gasteiger partial charge >= 0.3 is 0 Å². The first-order valence-electron chi connectivity index (χ1n) is 8.41. The van der Waals surface area contributed by atoms with Crippen LogP contribution in [0.3, 0.4) is 0 Å². The summed E-state index contributed by atoms with van der Waals surface area (Å²) in [4.78, 5) is 36.3. The van der Waals surface area contributed by atoms with Crippen LogP contribution in [-0.2, 0) is 11.4 Å². The van der Waals surface area contributed by atoms with Crippen molar-refractivity contribution in [3.63, 3.8) is 0 Å². The molecule has 0 spiro atoms. The SMILES string of the molecule is C=CCN1C(=O)S/C(=C/c2cc(Br)ccc2OCc2cccc([N+](=O)[O-])c2)C1=O. The van der Waals surface area contributed by atoms with Gasteiger partial charge in [-0.05, 0) is 41.6 Å². The van der Waals surface area contributed by atoms with Gasteiger partial charge in [-0.25, -0.2) is 0 Å². The quantitative estimate of drug-likeness (QED) is 0.238. The molecule has 9 heteroatoms. The van der Waals surface area contributed by atoms with Crippen molar-refractivity contribution in [2.45, 2.75) is 6.61 Å². The number of non-ortho nitro benzene ring substituents is 1. The summed E-state index contributed by atoms with van der Waals surface area (Å²) < 4.78 is 6.61. The highest BCUT2D eigenvalue weighted by Crippen LogP contribution is 2.35. The van der Waals surface area contributed by atoms with E-state index in [2.05, 4.69) is 22.5 Å². The number of thioether (sulfide) groups is 1. The third-order valence-corrected chi connectivity index (χ3v) is 5.36. The number of nitro groups is 1. The Balaban J connectivity index is 1.84. The summed E-state index contributed by atoms with van der Waals surface area (Å²) in [5, 5.41) is 10.6. The summed E-state index contributed by atoms with van der Waals surface area (Å²) in [5.74, 6) is 0.0970. The molecule has 0 unspecified atom stereocenters. The molecule has 7 nitrogen and oxygen atoms in total. The number of halogens is 1. The van der Waals surface area contributed by atoms with Gasteiger partial charge in [0.1, 0.15) is 12.4 Å². The van der Waals surface area contributed by atoms with E-state index in [-0.39, 0.29) is 34.9 Å². The highest BCUT2D eigenvalue weighted by Gasteiger charge is 2.34. The van der Waals surface area contributed by atoms with Gasteiger partial charge in [0.15, 0.2) is 0 Å². The lowest BCUT2D eigenvalue weighted by molar-refractivity contribution is -0.384. The maximum absolute atomic E-state index is 12.4. The van der Waals surface area contributed by atoms with E-state index in [4.69, 9.17) is 4.74 Å². The Kier molecular flexibility index (Phi) is 6.50. The molecule has 2 aromatic carbocycles. The summed E-state index contributed by atoms with van der Waals surface area (Å²) in [7, 11) is 0. The van der Waals surface area contributed by atoms with Crippen LogP contribution in [0.5, 0.6) is 5.75 Å². The van der Waals surface area contributed by atoms with Gasteiger partial charge in [0.05, 0.1) is 9.83 Å². The molecule has 0 radical (unpaired) electrons. The predicted molar refractivity (Wildman–Crippen MR) is 114 cm³/mol. The first kappa shape index (κ1) is 20.8. The number of carbonyl (C=O) groups excluding carboxylic acids is 2. The topological polar surface area (TPSA) is 89.8 Å². The zero-order valence-corrected chi connectivity index (χ0v) is 17.4. The number of hydrogen-bond acceptors (Lipinski definition) is 6. The van der Waals surface area contributed by atoms with Crippen molar-refractivity contribution in [3.8, 4) is 5.75 Å². The Labute approximate surface area is 179 Å². The number of rotatable bonds is 7. The van der Waals surface area contributed by atoms with E-state index in [1.807, 2.05) is 0 Å². The van der Waals surface area contributed by atoms with E-state index < -0.39 is 4.92 Å². The molecular weight excluding hydrogens is 460 g/mol. The summed E-state index contributed by atoms with van der Waals surface area (Å²) in [6.07, 6.45) is 3.09. The van der Waals surface area contributed by atoms with Crippen molar-refractivity contribution in [2.75, 3.05) is 6.54 Å². The number of hydrogen-bond donors (Lipinski definition) is 0. The summed E-state index contributed by atoms with van der Waals surface area (Å²) >= 11 is 4.24. The van der Waals surface area contributed by atoms with Crippen molar-refractivity contribution in [1.82, 2.24) is 4.90 Å². The standard InChI is InChI=1S/C20H15BrN2O5S/c1-2-8-22-19(24)18(29-20(22)25)11-14-10-15(21)6-7-17(14)28-12-13-4-3-5-16(9-13)23(26)27/h2-7,9-11H,1,8,12H2/b18-11+. The van der Waals surface area contributed by atoms with Crippen LogP contribution in [-0.4, -0.2) is 27.5 Å². The molecule has 0 saturated carbocycles. The third-order valence-electron chi connectivity index (χ3n) is 3.96. The van der Waals surface area contributed by atoms with Crippen LogP contribution in [0.1, 0.15) is 11.1 Å². The van der Waals surface area contributed by atoms with Crippen LogP contribution >= 0.6 is 27.7 Å². The fourth-order valence-corrected chi connectivity index (χ4v) is 3.83. The smallest absolute Gasteiger partial charge is 0.293 e. The molecule has 1 saturated heterocycles. The largest absolute Gasteiger partial charge is 0.488 e. The van der Waals surface area contributed by atoms with Crippen LogP contribution in [0.15, 0.2) is 64.5 Å². The molecule has 1 aliphatic rings. The van der Waals surface area contributed by atoms with Gasteiger partial charge < -0.3 is 4.74 Å². The molecule has 29 heavy (non-hydrogen) atoms. The van der Waals surface area contributed by atoms with Gasteiger partial charge in [-0.1, -0.05) is 34.1 Å². The minimum Gasteiger partial charge on any atom is -0.488 e. The normalized spacial score (nSPS) is 15.1. The summed E-state index contributed by atoms with van der Waals surface area (Å²) in [6.45, 7) is 3.82. The lowest BCUT2D eigenvalue weighted by Gasteiger charge is -2.11. The zero-order chi connectivity index (χ0) is 21.0. The summed E-state index contributed by atoms with van der Waals surface area (Å²) in [5.41, 5.74) is 1.23. The Bertz CT molecular complexity index is 1040. The molecule has 3 rings (SSSR count). The fraction of sp³-hybridized carbons (Fsp3) is 0.100. The maximum Gasteiger partial charge on any atom is 0.293 e. The lowest BCUT2D eigenvalue weighted by Crippen LogP contribution is -2.27. The zero-order valence-electron chi connectivity index (χ0n) is 15.0. The maximum atomic E-state index is 12.4. The van der Waals surface area contributed by atoms with Crippen LogP contribution in [0, 0.1) is 10.1 Å². The predicted octanol–water partition coefficient (Wildman–Crippen LogP) is 5.16. The number of imide groups is 1. The molecular formula is C20H15BrN2O5S. The van der Waals surface area contributed by atoms with Crippen LogP contribution in [0.25, 0.3) is 6.08 Å². The van der Waals surface area contributed by atoms with Crippen molar-refractivity contribution in [1.29, 1.82) is 0 Å². The van der Waals surface area contributed by atoms with E-state index >= 15 is 0 Å². The molecule has 0 N–H and O–H groups in total. The average Bonchev–Trinajstić information content (AvgIpc) is 2.95. The van der Waals surface area contributed by atoms with Crippen molar-refractivity contribution >= 4 is 50.6 Å². The molecule has 1 fully saturated rings. The monoisotopic (exact) mass is 474 g/mol. The van der Waals surface area contributed by atoms with Gasteiger partial charge in [0.2, 0.25) is 0 Å². The first-order chi connectivity index (χ1) is 13.9. The van der Waals surface area contributed by atoms with Gasteiger partial charge in [-0.15, -0.1) is 6.58 Å². The number of nitrogens with zero attached hydrogens (tertiary/aromatic N) is 2. The molecule has 1 aliphatic heterocycles. The molecule has 2 amide bonds. The van der Waals surface area contributed by atoms with Gasteiger partial charge in [-0.3, -0.25) is 24.6 Å². The molecule has 0 atom stereocenters. The Hall–Kier alpha value is -2.91. The second-order valence-electron chi connectivity index (χ2n) is 5.98. The minimum absolute atomic E-state index is 0.0157. The van der Waals surface area contributed by atoms with E-state index in [9.17, 15) is 19.7 Å². The van der Waals surface area contributed by atoms with E-state index in [1.165, 1.54) is 18.2 Å². The molecule has 1 heterocycles. The Morgan fingerprint density at radius 1 is 1.24 bits per heavy atom. The van der Waals surface area contributed by atoms with E-state index in [0.29, 0.717) is 16.9 Å². The number of ether oxygens (including phenoxy) is 1. The van der Waals surface area contributed by atoms with E-state index in [1.54, 1.807) is 36.4 Å². The average molecular weight is 475 g/mol. The second-order valence-corrected chi connectivity index (χ2v) is 7.89. The minimum atomic E-state index is -0.464. The molecule has 0 bridgehead atoms. The summed E-state index contributed by atoms with van der Waals surface area (Å²) in [6, 6.07) is 11.4. The number of benzene rings is 2. The van der Waals surface area contributed by atoms with Crippen molar-refractivity contribution in [2.24, 2.45) is 0 Å². The van der Waals surface area contributed by atoms with Crippen LogP contribution < -0.4 is 4.74 Å². The number of amides is 2. The Morgan fingerprint density at radius 3 is 2.76 bits per heavy atom. The molecule has 0 aliphatic carbocycles. The van der Waals surface area contributed by atoms with Gasteiger partial charge in [0, 0.05) is 28.7 Å².